The number of nitrogens with one attached hydrogen (secondary N) is 2. The van der Waals surface area contributed by atoms with Crippen LogP contribution in [0.3, 0.4) is 0 Å². The molecule has 0 fully saturated rings. The van der Waals surface area contributed by atoms with Gasteiger partial charge in [-0.3, -0.25) is 9.59 Å². The molecule has 6 heteroatoms. The van der Waals surface area contributed by atoms with Gasteiger partial charge in [0.25, 0.3) is 0 Å². The number of fused-ring (bicyclic) bond motifs is 1. The van der Waals surface area contributed by atoms with Crippen molar-refractivity contribution < 1.29 is 9.59 Å². The molecule has 2 rings (SSSR count). The summed E-state index contributed by atoms with van der Waals surface area (Å²) in [6.07, 6.45) is 0. The monoisotopic (exact) mass is 268 g/mol. The molecule has 0 saturated carbocycles. The van der Waals surface area contributed by atoms with E-state index in [9.17, 15) is 9.59 Å². The van der Waals surface area contributed by atoms with Gasteiger partial charge in [0.2, 0.25) is 11.8 Å². The van der Waals surface area contributed by atoms with Crippen molar-refractivity contribution >= 4 is 41.9 Å². The second-order valence-corrected chi connectivity index (χ2v) is 4.94. The lowest BCUT2D eigenvalue weighted by molar-refractivity contribution is -0.118. The molecular formula is C11H12N2O2S2. The summed E-state index contributed by atoms with van der Waals surface area (Å²) in [6, 6.07) is 5.79. The van der Waals surface area contributed by atoms with E-state index in [2.05, 4.69) is 23.3 Å². The molecule has 17 heavy (non-hydrogen) atoms. The van der Waals surface area contributed by atoms with E-state index in [1.54, 1.807) is 0 Å². The maximum absolute atomic E-state index is 11.2. The lowest BCUT2D eigenvalue weighted by Crippen LogP contribution is -2.24. The highest BCUT2D eigenvalue weighted by Crippen LogP contribution is 2.31. The first-order chi connectivity index (χ1) is 8.19. The third-order valence-electron chi connectivity index (χ3n) is 2.31. The molecule has 0 bridgehead atoms. The predicted octanol–water partition coefficient (Wildman–Crippen LogP) is 1.28. The van der Waals surface area contributed by atoms with Gasteiger partial charge in [0, 0.05) is 11.4 Å². The van der Waals surface area contributed by atoms with Crippen LogP contribution in [0.4, 0.5) is 5.69 Å². The van der Waals surface area contributed by atoms with Crippen molar-refractivity contribution in [2.24, 2.45) is 0 Å². The summed E-state index contributed by atoms with van der Waals surface area (Å²) in [5.74, 6) is 0.545. The summed E-state index contributed by atoms with van der Waals surface area (Å²) in [6.45, 7) is 0.452. The van der Waals surface area contributed by atoms with Gasteiger partial charge in [-0.1, -0.05) is 6.07 Å². The Balaban J connectivity index is 2.07. The molecule has 1 aromatic rings. The summed E-state index contributed by atoms with van der Waals surface area (Å²) in [4.78, 5) is 23.4. The van der Waals surface area contributed by atoms with Crippen LogP contribution in [0.15, 0.2) is 23.1 Å². The highest BCUT2D eigenvalue weighted by atomic mass is 32.2. The number of thiol groups is 1. The molecule has 0 aromatic heterocycles. The molecule has 1 aromatic carbocycles. The molecule has 0 spiro atoms. The van der Waals surface area contributed by atoms with Crippen molar-refractivity contribution in [3.63, 3.8) is 0 Å². The molecule has 0 atom stereocenters. The van der Waals surface area contributed by atoms with Gasteiger partial charge in [0.05, 0.1) is 17.2 Å². The molecule has 0 radical (unpaired) electrons. The Morgan fingerprint density at radius 1 is 1.53 bits per heavy atom. The van der Waals surface area contributed by atoms with Crippen LogP contribution in [-0.4, -0.2) is 23.3 Å². The highest BCUT2D eigenvalue weighted by Gasteiger charge is 2.15. The van der Waals surface area contributed by atoms with Crippen LogP contribution in [0.5, 0.6) is 0 Å². The third kappa shape index (κ3) is 3.17. The van der Waals surface area contributed by atoms with E-state index in [1.807, 2.05) is 18.2 Å². The van der Waals surface area contributed by atoms with Gasteiger partial charge in [-0.05, 0) is 17.7 Å². The zero-order valence-electron chi connectivity index (χ0n) is 9.03. The molecular weight excluding hydrogens is 256 g/mol. The fourth-order valence-corrected chi connectivity index (χ4v) is 2.40. The number of carbonyl (C=O) groups excluding carboxylic acids is 2. The summed E-state index contributed by atoms with van der Waals surface area (Å²) < 4.78 is 0. The summed E-state index contributed by atoms with van der Waals surface area (Å²) in [7, 11) is 0. The van der Waals surface area contributed by atoms with Gasteiger partial charge in [-0.2, -0.15) is 12.6 Å². The Hall–Kier alpha value is -1.14. The van der Waals surface area contributed by atoms with E-state index < -0.39 is 0 Å². The van der Waals surface area contributed by atoms with Crippen molar-refractivity contribution in [3.8, 4) is 0 Å². The zero-order chi connectivity index (χ0) is 12.3. The number of benzene rings is 1. The second kappa shape index (κ2) is 5.46. The summed E-state index contributed by atoms with van der Waals surface area (Å²) >= 11 is 5.40. The first kappa shape index (κ1) is 12.3. The van der Waals surface area contributed by atoms with Crippen LogP contribution in [0.1, 0.15) is 5.56 Å². The SMILES string of the molecule is O=C(CS)NCc1ccc2c(c1)NC(=O)CS2. The number of amides is 2. The predicted molar refractivity (Wildman–Crippen MR) is 71.5 cm³/mol. The van der Waals surface area contributed by atoms with E-state index in [-0.39, 0.29) is 17.6 Å². The van der Waals surface area contributed by atoms with Gasteiger partial charge in [-0.25, -0.2) is 0 Å². The molecule has 4 nitrogen and oxygen atoms in total. The normalized spacial score (nSPS) is 13.8. The molecule has 2 amide bonds. The minimum atomic E-state index is -0.107. The summed E-state index contributed by atoms with van der Waals surface area (Å²) in [5, 5.41) is 5.55. The van der Waals surface area contributed by atoms with Crippen LogP contribution >= 0.6 is 24.4 Å². The second-order valence-electron chi connectivity index (χ2n) is 3.60. The number of hydrogen-bond acceptors (Lipinski definition) is 4. The highest BCUT2D eigenvalue weighted by molar-refractivity contribution is 8.00. The largest absolute Gasteiger partial charge is 0.351 e. The smallest absolute Gasteiger partial charge is 0.234 e. The Labute approximate surface area is 109 Å². The number of thioether (sulfide) groups is 1. The van der Waals surface area contributed by atoms with Crippen molar-refractivity contribution in [3.05, 3.63) is 23.8 Å². The van der Waals surface area contributed by atoms with Crippen molar-refractivity contribution in [1.82, 2.24) is 5.32 Å². The van der Waals surface area contributed by atoms with Gasteiger partial charge in [0.1, 0.15) is 0 Å². The molecule has 1 aliphatic heterocycles. The molecule has 0 unspecified atom stereocenters. The van der Waals surface area contributed by atoms with Crippen molar-refractivity contribution in [2.45, 2.75) is 11.4 Å². The standard InChI is InChI=1S/C11H12N2O2S2/c14-10(5-16)12-4-7-1-2-9-8(3-7)13-11(15)6-17-9/h1-3,16H,4-6H2,(H,12,14)(H,13,15). The van der Waals surface area contributed by atoms with Crippen LogP contribution < -0.4 is 10.6 Å². The van der Waals surface area contributed by atoms with Crippen LogP contribution in [0, 0.1) is 0 Å². The minimum absolute atomic E-state index is 0.0130. The quantitative estimate of drug-likeness (QED) is 0.724. The van der Waals surface area contributed by atoms with Crippen molar-refractivity contribution in [2.75, 3.05) is 16.8 Å². The molecule has 0 saturated heterocycles. The number of rotatable bonds is 3. The lowest BCUT2D eigenvalue weighted by Gasteiger charge is -2.17. The van der Waals surface area contributed by atoms with E-state index in [0.29, 0.717) is 12.3 Å². The Morgan fingerprint density at radius 2 is 2.35 bits per heavy atom. The molecule has 0 aliphatic carbocycles. The first-order valence-electron chi connectivity index (χ1n) is 5.12. The Morgan fingerprint density at radius 3 is 3.12 bits per heavy atom. The van der Waals surface area contributed by atoms with E-state index >= 15 is 0 Å². The maximum atomic E-state index is 11.2. The van der Waals surface area contributed by atoms with Gasteiger partial charge in [-0.15, -0.1) is 11.8 Å². The maximum Gasteiger partial charge on any atom is 0.234 e. The van der Waals surface area contributed by atoms with Crippen LogP contribution in [0.25, 0.3) is 0 Å². The van der Waals surface area contributed by atoms with Crippen molar-refractivity contribution in [1.29, 1.82) is 0 Å². The van der Waals surface area contributed by atoms with Gasteiger partial charge < -0.3 is 10.6 Å². The molecule has 1 aliphatic rings. The van der Waals surface area contributed by atoms with E-state index in [4.69, 9.17) is 0 Å². The van der Waals surface area contributed by atoms with Crippen LogP contribution in [0.2, 0.25) is 0 Å². The van der Waals surface area contributed by atoms with E-state index in [1.165, 1.54) is 11.8 Å². The number of hydrogen-bond donors (Lipinski definition) is 3. The average molecular weight is 268 g/mol. The third-order valence-corrected chi connectivity index (χ3v) is 3.67. The average Bonchev–Trinajstić information content (AvgIpc) is 2.35. The number of carbonyl (C=O) groups is 2. The first-order valence-corrected chi connectivity index (χ1v) is 6.74. The number of anilines is 1. The minimum Gasteiger partial charge on any atom is -0.351 e. The summed E-state index contributed by atoms with van der Waals surface area (Å²) in [5.41, 5.74) is 1.78. The molecule has 1 heterocycles. The fraction of sp³-hybridized carbons (Fsp3) is 0.273. The molecule has 2 N–H and O–H groups in total. The molecule has 90 valence electrons. The zero-order valence-corrected chi connectivity index (χ0v) is 10.7. The van der Waals surface area contributed by atoms with E-state index in [0.717, 1.165) is 16.1 Å². The van der Waals surface area contributed by atoms with Gasteiger partial charge in [0.15, 0.2) is 0 Å². The Kier molecular flexibility index (Phi) is 3.96. The van der Waals surface area contributed by atoms with Crippen LogP contribution in [-0.2, 0) is 16.1 Å². The van der Waals surface area contributed by atoms with Gasteiger partial charge >= 0.3 is 0 Å². The lowest BCUT2D eigenvalue weighted by atomic mass is 10.2. The topological polar surface area (TPSA) is 58.2 Å². The Bertz CT molecular complexity index is 463. The fourth-order valence-electron chi connectivity index (χ4n) is 1.50.